The first-order valence-electron chi connectivity index (χ1n) is 14.6. The van der Waals surface area contributed by atoms with Gasteiger partial charge in [-0.3, -0.25) is 9.59 Å². The molecular weight excluding hydrogens is 568 g/mol. The summed E-state index contributed by atoms with van der Waals surface area (Å²) in [5, 5.41) is 4.68. The topological polar surface area (TPSA) is 125 Å². The van der Waals surface area contributed by atoms with Crippen LogP contribution in [0, 0.1) is 5.92 Å². The molecule has 0 bridgehead atoms. The first-order chi connectivity index (χ1) is 20.4. The molecule has 11 heteroatoms. The molecular formula is C32H38N4O6S. The molecule has 228 valence electrons. The highest BCUT2D eigenvalue weighted by Crippen LogP contribution is 2.27. The molecule has 1 saturated heterocycles. The fraction of sp³-hybridized carbons (Fsp3) is 0.406. The van der Waals surface area contributed by atoms with E-state index in [9.17, 15) is 22.8 Å². The number of para-hydroxylation sites is 1. The van der Waals surface area contributed by atoms with Crippen molar-refractivity contribution in [2.75, 3.05) is 31.5 Å². The van der Waals surface area contributed by atoms with E-state index in [1.54, 1.807) is 43.9 Å². The number of piperidine rings is 1. The summed E-state index contributed by atoms with van der Waals surface area (Å²) < 4.78 is 34.5. The smallest absolute Gasteiger partial charge is 0.417 e. The molecule has 2 N–H and O–H groups in total. The monoisotopic (exact) mass is 606 g/mol. The number of carbonyl (C=O) groups is 3. The number of sulfonamides is 1. The maximum atomic E-state index is 13.5. The van der Waals surface area contributed by atoms with Gasteiger partial charge in [0.25, 0.3) is 5.91 Å². The summed E-state index contributed by atoms with van der Waals surface area (Å²) in [6, 6.07) is 19.4. The molecule has 3 amide bonds. The van der Waals surface area contributed by atoms with Crippen LogP contribution in [0.1, 0.15) is 39.2 Å². The Bertz CT molecular complexity index is 1600. The molecule has 2 aliphatic heterocycles. The Morgan fingerprint density at radius 2 is 1.65 bits per heavy atom. The Labute approximate surface area is 252 Å². The molecule has 3 aromatic carbocycles. The van der Waals surface area contributed by atoms with Crippen molar-refractivity contribution in [2.24, 2.45) is 5.92 Å². The van der Waals surface area contributed by atoms with Crippen LogP contribution in [0.25, 0.3) is 10.8 Å². The first kappa shape index (κ1) is 30.5. The molecule has 0 spiro atoms. The van der Waals surface area contributed by atoms with Gasteiger partial charge in [-0.25, -0.2) is 22.8 Å². The second kappa shape index (κ2) is 12.3. The van der Waals surface area contributed by atoms with Crippen LogP contribution in [0.3, 0.4) is 0 Å². The van der Waals surface area contributed by atoms with Crippen molar-refractivity contribution < 1.29 is 27.5 Å². The zero-order chi connectivity index (χ0) is 30.8. The number of nitrogens with one attached hydrogen (secondary N) is 2. The summed E-state index contributed by atoms with van der Waals surface area (Å²) in [5.41, 5.74) is 0.951. The van der Waals surface area contributed by atoms with Gasteiger partial charge < -0.3 is 15.0 Å². The maximum absolute atomic E-state index is 13.5. The quantitative estimate of drug-likeness (QED) is 0.414. The number of hydrogen-bond acceptors (Lipinski definition) is 7. The Hall–Kier alpha value is -3.96. The number of fused-ring (bicyclic) bond motifs is 2. The van der Waals surface area contributed by atoms with Gasteiger partial charge in [-0.2, -0.15) is 0 Å². The normalized spacial score (nSPS) is 17.3. The molecule has 1 unspecified atom stereocenters. The summed E-state index contributed by atoms with van der Waals surface area (Å²) in [7, 11) is -3.73. The second-order valence-electron chi connectivity index (χ2n) is 12.1. The minimum Gasteiger partial charge on any atom is -0.443 e. The highest BCUT2D eigenvalue weighted by molar-refractivity contribution is 7.89. The number of anilines is 1. The number of amides is 3. The molecule has 2 heterocycles. The van der Waals surface area contributed by atoms with Gasteiger partial charge in [0.1, 0.15) is 18.2 Å². The van der Waals surface area contributed by atoms with Gasteiger partial charge in [0, 0.05) is 37.1 Å². The van der Waals surface area contributed by atoms with Crippen molar-refractivity contribution >= 4 is 44.4 Å². The number of benzene rings is 3. The largest absolute Gasteiger partial charge is 0.443 e. The Balaban J connectivity index is 1.18. The molecule has 0 saturated carbocycles. The lowest BCUT2D eigenvalue weighted by molar-refractivity contribution is -0.141. The predicted molar refractivity (Wildman–Crippen MR) is 164 cm³/mol. The zero-order valence-corrected chi connectivity index (χ0v) is 25.5. The fourth-order valence-electron chi connectivity index (χ4n) is 5.54. The van der Waals surface area contributed by atoms with Crippen molar-refractivity contribution in [2.45, 2.75) is 56.6 Å². The first-order valence-corrected chi connectivity index (χ1v) is 16.0. The number of imide groups is 1. The van der Waals surface area contributed by atoms with E-state index < -0.39 is 40.2 Å². The number of nitrogens with zero attached hydrogens (tertiary/aromatic N) is 2. The molecule has 2 aliphatic rings. The van der Waals surface area contributed by atoms with Crippen LogP contribution < -0.4 is 10.0 Å². The SMILES string of the molecule is CC(C)(C)OC(=O)N(CC(=O)N1CCC(CNS(=O)(=O)c2cccc3ccccc23)CC1)C(=O)C1Cc2ccccc2N1. The molecule has 0 radical (unpaired) electrons. The molecule has 3 aromatic rings. The second-order valence-corrected chi connectivity index (χ2v) is 13.9. The summed E-state index contributed by atoms with van der Waals surface area (Å²) >= 11 is 0. The average Bonchev–Trinajstić information content (AvgIpc) is 3.42. The highest BCUT2D eigenvalue weighted by atomic mass is 32.2. The van der Waals surface area contributed by atoms with Gasteiger partial charge in [0.05, 0.1) is 4.90 Å². The van der Waals surface area contributed by atoms with E-state index in [4.69, 9.17) is 4.74 Å². The van der Waals surface area contributed by atoms with E-state index in [2.05, 4.69) is 10.0 Å². The molecule has 0 aliphatic carbocycles. The van der Waals surface area contributed by atoms with Crippen molar-refractivity contribution in [1.29, 1.82) is 0 Å². The molecule has 43 heavy (non-hydrogen) atoms. The van der Waals surface area contributed by atoms with Crippen LogP contribution in [0.5, 0.6) is 0 Å². The van der Waals surface area contributed by atoms with Crippen LogP contribution >= 0.6 is 0 Å². The maximum Gasteiger partial charge on any atom is 0.417 e. The van der Waals surface area contributed by atoms with Crippen LogP contribution in [0.4, 0.5) is 10.5 Å². The molecule has 10 nitrogen and oxygen atoms in total. The summed E-state index contributed by atoms with van der Waals surface area (Å²) in [6.45, 7) is 5.73. The van der Waals surface area contributed by atoms with Gasteiger partial charge in [-0.05, 0) is 62.6 Å². The van der Waals surface area contributed by atoms with Gasteiger partial charge in [0.15, 0.2) is 0 Å². The summed E-state index contributed by atoms with van der Waals surface area (Å²) in [6.07, 6.45) is 0.719. The highest BCUT2D eigenvalue weighted by Gasteiger charge is 2.37. The fourth-order valence-corrected chi connectivity index (χ4v) is 6.89. The molecule has 5 rings (SSSR count). The number of rotatable bonds is 7. The van der Waals surface area contributed by atoms with Crippen molar-refractivity contribution in [3.63, 3.8) is 0 Å². The molecule has 1 fully saturated rings. The van der Waals surface area contributed by atoms with Gasteiger partial charge in [-0.1, -0.05) is 54.6 Å². The number of carbonyl (C=O) groups excluding carboxylic acids is 3. The Kier molecular flexibility index (Phi) is 8.75. The lowest BCUT2D eigenvalue weighted by Gasteiger charge is -2.34. The molecule has 1 atom stereocenters. The van der Waals surface area contributed by atoms with Crippen molar-refractivity contribution in [3.05, 3.63) is 72.3 Å². The standard InChI is InChI=1S/C32H38N4O6S/c1-32(2,3)42-31(39)36(30(38)27-19-24-10-5-7-13-26(24)34-27)21-29(37)35-17-15-22(16-18-35)20-33-43(40,41)28-14-8-11-23-9-4-6-12-25(23)28/h4-14,22,27,33-34H,15-21H2,1-3H3. The summed E-state index contributed by atoms with van der Waals surface area (Å²) in [4.78, 5) is 42.7. The lowest BCUT2D eigenvalue weighted by Crippen LogP contribution is -2.52. The number of ether oxygens (including phenoxy) is 1. The minimum atomic E-state index is -3.73. The van der Waals surface area contributed by atoms with Crippen LogP contribution in [-0.2, 0) is 30.8 Å². The van der Waals surface area contributed by atoms with Crippen LogP contribution in [0.2, 0.25) is 0 Å². The Morgan fingerprint density at radius 1 is 0.977 bits per heavy atom. The summed E-state index contributed by atoms with van der Waals surface area (Å²) in [5.74, 6) is -0.834. The van der Waals surface area contributed by atoms with E-state index in [-0.39, 0.29) is 23.3 Å². The van der Waals surface area contributed by atoms with Gasteiger partial charge in [-0.15, -0.1) is 0 Å². The third-order valence-corrected chi connectivity index (χ3v) is 9.29. The zero-order valence-electron chi connectivity index (χ0n) is 24.7. The number of likely N-dealkylation sites (tertiary alicyclic amines) is 1. The van der Waals surface area contributed by atoms with E-state index in [1.807, 2.05) is 48.5 Å². The average molecular weight is 607 g/mol. The Morgan fingerprint density at radius 3 is 2.37 bits per heavy atom. The lowest BCUT2D eigenvalue weighted by atomic mass is 9.97. The van der Waals surface area contributed by atoms with Gasteiger partial charge in [0.2, 0.25) is 15.9 Å². The van der Waals surface area contributed by atoms with E-state index >= 15 is 0 Å². The predicted octanol–water partition coefficient (Wildman–Crippen LogP) is 4.16. The van der Waals surface area contributed by atoms with Gasteiger partial charge >= 0.3 is 6.09 Å². The van der Waals surface area contributed by atoms with Crippen LogP contribution in [-0.4, -0.2) is 73.9 Å². The van der Waals surface area contributed by atoms with E-state index in [0.717, 1.165) is 21.5 Å². The third-order valence-electron chi connectivity index (χ3n) is 7.81. The van der Waals surface area contributed by atoms with Crippen molar-refractivity contribution in [3.8, 4) is 0 Å². The van der Waals surface area contributed by atoms with E-state index in [0.29, 0.717) is 37.7 Å². The number of hydrogen-bond donors (Lipinski definition) is 2. The van der Waals surface area contributed by atoms with E-state index in [1.165, 1.54) is 0 Å². The minimum absolute atomic E-state index is 0.0404. The van der Waals surface area contributed by atoms with Crippen molar-refractivity contribution in [1.82, 2.24) is 14.5 Å². The third kappa shape index (κ3) is 7.17. The van der Waals surface area contributed by atoms with Crippen LogP contribution in [0.15, 0.2) is 71.6 Å². The molecule has 0 aromatic heterocycles.